The van der Waals surface area contributed by atoms with E-state index in [0.29, 0.717) is 24.9 Å². The SMILES string of the molecule is CC1(C)CC(OC(=O)c2ccccc2)CC(C)(C)N1CC(O)CO. The first kappa shape index (κ1) is 18.9. The molecule has 0 spiro atoms. The van der Waals surface area contributed by atoms with Crippen LogP contribution in [0.15, 0.2) is 30.3 Å². The number of carbonyl (C=O) groups is 1. The van der Waals surface area contributed by atoms with Gasteiger partial charge in [0.25, 0.3) is 0 Å². The van der Waals surface area contributed by atoms with Crippen LogP contribution < -0.4 is 0 Å². The van der Waals surface area contributed by atoms with E-state index in [0.717, 1.165) is 0 Å². The minimum atomic E-state index is -0.771. The van der Waals surface area contributed by atoms with E-state index in [-0.39, 0.29) is 29.8 Å². The number of hydrogen-bond donors (Lipinski definition) is 2. The summed E-state index contributed by atoms with van der Waals surface area (Å²) in [5, 5.41) is 19.0. The standard InChI is InChI=1S/C19H29NO4/c1-18(2)10-16(24-17(23)14-8-6-5-7-9-14)11-19(3,4)20(18)12-15(22)13-21/h5-9,15-16,21-22H,10-13H2,1-4H3. The lowest BCUT2D eigenvalue weighted by Crippen LogP contribution is -2.64. The van der Waals surface area contributed by atoms with Gasteiger partial charge in [0.15, 0.2) is 0 Å². The Balaban J connectivity index is 2.10. The van der Waals surface area contributed by atoms with E-state index in [1.165, 1.54) is 0 Å². The molecule has 0 radical (unpaired) electrons. The van der Waals surface area contributed by atoms with Gasteiger partial charge >= 0.3 is 5.97 Å². The Morgan fingerprint density at radius 1 is 1.21 bits per heavy atom. The van der Waals surface area contributed by atoms with Gasteiger partial charge in [-0.05, 0) is 39.8 Å². The van der Waals surface area contributed by atoms with Crippen molar-refractivity contribution in [1.82, 2.24) is 4.90 Å². The van der Waals surface area contributed by atoms with Gasteiger partial charge in [0.05, 0.1) is 18.3 Å². The molecule has 2 N–H and O–H groups in total. The normalized spacial score (nSPS) is 22.1. The van der Waals surface area contributed by atoms with E-state index in [1.807, 2.05) is 18.2 Å². The van der Waals surface area contributed by atoms with Crippen LogP contribution in [0.25, 0.3) is 0 Å². The molecule has 1 aliphatic heterocycles. The minimum absolute atomic E-state index is 0.176. The van der Waals surface area contributed by atoms with Gasteiger partial charge in [-0.25, -0.2) is 4.79 Å². The molecule has 0 aliphatic carbocycles. The molecule has 2 rings (SSSR count). The molecule has 134 valence electrons. The van der Waals surface area contributed by atoms with Crippen LogP contribution in [0.2, 0.25) is 0 Å². The Morgan fingerprint density at radius 2 is 1.75 bits per heavy atom. The van der Waals surface area contributed by atoms with Crippen molar-refractivity contribution in [3.05, 3.63) is 35.9 Å². The summed E-state index contributed by atoms with van der Waals surface area (Å²) in [5.41, 5.74) is 0.0604. The molecule has 0 bridgehead atoms. The number of carbonyl (C=O) groups excluding carboxylic acids is 1. The summed E-state index contributed by atoms with van der Waals surface area (Å²) in [5.74, 6) is -0.295. The largest absolute Gasteiger partial charge is 0.459 e. The average molecular weight is 335 g/mol. The first-order valence-electron chi connectivity index (χ1n) is 8.48. The van der Waals surface area contributed by atoms with Crippen molar-refractivity contribution < 1.29 is 19.7 Å². The number of aliphatic hydroxyl groups is 2. The first-order valence-corrected chi connectivity index (χ1v) is 8.48. The van der Waals surface area contributed by atoms with Gasteiger partial charge in [-0.3, -0.25) is 4.90 Å². The molecule has 1 aliphatic rings. The van der Waals surface area contributed by atoms with Crippen molar-refractivity contribution in [2.24, 2.45) is 0 Å². The van der Waals surface area contributed by atoms with E-state index in [2.05, 4.69) is 32.6 Å². The Bertz CT molecular complexity index is 538. The number of likely N-dealkylation sites (tertiary alicyclic amines) is 1. The minimum Gasteiger partial charge on any atom is -0.459 e. The summed E-state index contributed by atoms with van der Waals surface area (Å²) in [7, 11) is 0. The van der Waals surface area contributed by atoms with E-state index >= 15 is 0 Å². The van der Waals surface area contributed by atoms with Crippen LogP contribution >= 0.6 is 0 Å². The van der Waals surface area contributed by atoms with Crippen LogP contribution in [0.5, 0.6) is 0 Å². The van der Waals surface area contributed by atoms with Crippen LogP contribution in [-0.2, 0) is 4.74 Å². The van der Waals surface area contributed by atoms with Gasteiger partial charge < -0.3 is 14.9 Å². The molecule has 5 heteroatoms. The van der Waals surface area contributed by atoms with Crippen LogP contribution in [0.4, 0.5) is 0 Å². The molecule has 5 nitrogen and oxygen atoms in total. The highest BCUT2D eigenvalue weighted by Gasteiger charge is 2.46. The van der Waals surface area contributed by atoms with E-state index in [4.69, 9.17) is 9.84 Å². The second kappa shape index (κ2) is 7.21. The van der Waals surface area contributed by atoms with Crippen molar-refractivity contribution in [3.63, 3.8) is 0 Å². The van der Waals surface area contributed by atoms with Crippen molar-refractivity contribution in [1.29, 1.82) is 0 Å². The average Bonchev–Trinajstić information content (AvgIpc) is 2.50. The molecule has 1 aromatic rings. The molecule has 24 heavy (non-hydrogen) atoms. The van der Waals surface area contributed by atoms with Gasteiger partial charge in [-0.1, -0.05) is 18.2 Å². The summed E-state index contributed by atoms with van der Waals surface area (Å²) < 4.78 is 5.75. The summed E-state index contributed by atoms with van der Waals surface area (Å²) >= 11 is 0. The molecule has 1 atom stereocenters. The summed E-state index contributed by atoms with van der Waals surface area (Å²) in [6.07, 6.45) is 0.428. The number of β-amino-alcohol motifs (C(OH)–C–C–N with tert-alkyl or cyclic N) is 1. The summed E-state index contributed by atoms with van der Waals surface area (Å²) in [6, 6.07) is 9.03. The molecular weight excluding hydrogens is 306 g/mol. The van der Waals surface area contributed by atoms with Crippen molar-refractivity contribution >= 4 is 5.97 Å². The predicted molar refractivity (Wildman–Crippen MR) is 92.8 cm³/mol. The molecule has 1 fully saturated rings. The fourth-order valence-electron chi connectivity index (χ4n) is 3.87. The zero-order chi connectivity index (χ0) is 18.0. The fourth-order valence-corrected chi connectivity index (χ4v) is 3.87. The lowest BCUT2D eigenvalue weighted by atomic mass is 9.77. The number of rotatable bonds is 5. The highest BCUT2D eigenvalue weighted by molar-refractivity contribution is 5.89. The third kappa shape index (κ3) is 4.35. The smallest absolute Gasteiger partial charge is 0.338 e. The number of aliphatic hydroxyl groups excluding tert-OH is 2. The van der Waals surface area contributed by atoms with Crippen LogP contribution in [0.3, 0.4) is 0 Å². The number of hydrogen-bond acceptors (Lipinski definition) is 5. The summed E-state index contributed by atoms with van der Waals surface area (Å²) in [6.45, 7) is 8.48. The van der Waals surface area contributed by atoms with Crippen molar-refractivity contribution in [3.8, 4) is 0 Å². The van der Waals surface area contributed by atoms with E-state index in [1.54, 1.807) is 12.1 Å². The first-order chi connectivity index (χ1) is 11.2. The van der Waals surface area contributed by atoms with Crippen molar-refractivity contribution in [2.75, 3.05) is 13.2 Å². The molecule has 1 aromatic carbocycles. The quantitative estimate of drug-likeness (QED) is 0.808. The lowest BCUT2D eigenvalue weighted by Gasteiger charge is -2.55. The maximum atomic E-state index is 12.3. The van der Waals surface area contributed by atoms with Gasteiger partial charge in [0, 0.05) is 30.5 Å². The Hall–Kier alpha value is -1.43. The monoisotopic (exact) mass is 335 g/mol. The Morgan fingerprint density at radius 3 is 2.25 bits per heavy atom. The second-order valence-corrected chi connectivity index (χ2v) is 7.87. The maximum Gasteiger partial charge on any atom is 0.338 e. The number of benzene rings is 1. The number of ether oxygens (including phenoxy) is 1. The topological polar surface area (TPSA) is 70.0 Å². The zero-order valence-electron chi connectivity index (χ0n) is 15.0. The highest BCUT2D eigenvalue weighted by Crippen LogP contribution is 2.39. The number of piperidine rings is 1. The summed E-state index contributed by atoms with van der Waals surface area (Å²) in [4.78, 5) is 14.5. The third-order valence-electron chi connectivity index (χ3n) is 4.80. The van der Waals surface area contributed by atoms with Crippen LogP contribution in [0, 0.1) is 0 Å². The molecular formula is C19H29NO4. The second-order valence-electron chi connectivity index (χ2n) is 7.87. The molecule has 1 heterocycles. The molecule has 0 amide bonds. The fraction of sp³-hybridized carbons (Fsp3) is 0.632. The molecule has 0 saturated carbocycles. The van der Waals surface area contributed by atoms with Gasteiger partial charge in [0.2, 0.25) is 0 Å². The van der Waals surface area contributed by atoms with Crippen LogP contribution in [0.1, 0.15) is 50.9 Å². The van der Waals surface area contributed by atoms with Gasteiger partial charge in [-0.15, -0.1) is 0 Å². The Labute approximate surface area is 144 Å². The van der Waals surface area contributed by atoms with Crippen molar-refractivity contribution in [2.45, 2.75) is 63.8 Å². The highest BCUT2D eigenvalue weighted by atomic mass is 16.5. The lowest BCUT2D eigenvalue weighted by molar-refractivity contribution is -0.105. The number of esters is 1. The predicted octanol–water partition coefficient (Wildman–Crippen LogP) is 2.22. The molecule has 1 unspecified atom stereocenters. The van der Waals surface area contributed by atoms with Gasteiger partial charge in [0.1, 0.15) is 6.10 Å². The Kier molecular flexibility index (Phi) is 5.68. The van der Waals surface area contributed by atoms with E-state index in [9.17, 15) is 9.90 Å². The molecule has 1 saturated heterocycles. The maximum absolute atomic E-state index is 12.3. The third-order valence-corrected chi connectivity index (χ3v) is 4.80. The van der Waals surface area contributed by atoms with E-state index < -0.39 is 6.10 Å². The molecule has 0 aromatic heterocycles. The van der Waals surface area contributed by atoms with Crippen LogP contribution in [-0.4, -0.2) is 57.5 Å². The van der Waals surface area contributed by atoms with Gasteiger partial charge in [-0.2, -0.15) is 0 Å². The number of nitrogens with zero attached hydrogens (tertiary/aromatic N) is 1. The zero-order valence-corrected chi connectivity index (χ0v) is 15.0.